The summed E-state index contributed by atoms with van der Waals surface area (Å²) in [5.74, 6) is -0.868. The van der Waals surface area contributed by atoms with Crippen LogP contribution in [-0.4, -0.2) is 37.2 Å². The molecule has 0 aliphatic heterocycles. The third kappa shape index (κ3) is 65.3. The highest BCUT2D eigenvalue weighted by atomic mass is 16.6. The molecule has 6 nitrogen and oxygen atoms in total. The standard InChI is InChI=1S/C73H128O6/c1-4-7-10-13-16-19-22-24-26-28-29-30-31-32-33-34-35-36-37-38-39-40-41-42-43-45-46-48-51-54-57-60-63-66-72(75)78-69-70(68-77-71(74)65-62-59-56-53-50-21-18-15-12-9-6-3)79-73(76)67-64-61-58-55-52-49-47-44-27-25-23-20-17-14-11-8-5-2/h7-8,10-11,16-17,19-20,24-27,29-30,70H,4-6,9,12-15,18,21-23,28,31-69H2,1-3H3/b10-7-,11-8-,19-16-,20-17-,26-24-,27-25-,30-29-. The number of hydrogen-bond acceptors (Lipinski definition) is 6. The lowest BCUT2D eigenvalue weighted by atomic mass is 10.0. The number of esters is 3. The fourth-order valence-corrected chi connectivity index (χ4v) is 9.86. The van der Waals surface area contributed by atoms with Crippen LogP contribution in [0.15, 0.2) is 85.1 Å². The van der Waals surface area contributed by atoms with E-state index in [4.69, 9.17) is 14.2 Å². The highest BCUT2D eigenvalue weighted by molar-refractivity contribution is 5.71. The molecule has 6 heteroatoms. The maximum absolute atomic E-state index is 12.9. The van der Waals surface area contributed by atoms with Gasteiger partial charge in [0.15, 0.2) is 6.10 Å². The summed E-state index contributed by atoms with van der Waals surface area (Å²) in [6.07, 6.45) is 89.1. The van der Waals surface area contributed by atoms with Gasteiger partial charge in [-0.15, -0.1) is 0 Å². The first-order chi connectivity index (χ1) is 39.0. The van der Waals surface area contributed by atoms with Gasteiger partial charge in [0.25, 0.3) is 0 Å². The van der Waals surface area contributed by atoms with Gasteiger partial charge in [0.1, 0.15) is 13.2 Å². The number of unbranched alkanes of at least 4 members (excludes halogenated alkanes) is 37. The van der Waals surface area contributed by atoms with E-state index in [1.807, 2.05) is 0 Å². The van der Waals surface area contributed by atoms with Crippen LogP contribution in [0.25, 0.3) is 0 Å². The van der Waals surface area contributed by atoms with E-state index in [2.05, 4.69) is 106 Å². The highest BCUT2D eigenvalue weighted by Crippen LogP contribution is 2.18. The molecular weight excluding hydrogens is 973 g/mol. The van der Waals surface area contributed by atoms with Crippen LogP contribution in [0, 0.1) is 0 Å². The van der Waals surface area contributed by atoms with E-state index in [0.717, 1.165) is 109 Å². The first kappa shape index (κ1) is 75.6. The van der Waals surface area contributed by atoms with Crippen molar-refractivity contribution in [3.63, 3.8) is 0 Å². The van der Waals surface area contributed by atoms with Gasteiger partial charge in [0, 0.05) is 19.3 Å². The molecule has 0 saturated carbocycles. The summed E-state index contributed by atoms with van der Waals surface area (Å²) < 4.78 is 16.9. The normalized spacial score (nSPS) is 12.6. The maximum atomic E-state index is 12.9. The van der Waals surface area contributed by atoms with Crippen LogP contribution in [0.3, 0.4) is 0 Å². The lowest BCUT2D eigenvalue weighted by Gasteiger charge is -2.18. The Hall–Kier alpha value is -3.41. The molecule has 0 aromatic rings. The van der Waals surface area contributed by atoms with Crippen LogP contribution < -0.4 is 0 Å². The Morgan fingerprint density at radius 1 is 0.266 bits per heavy atom. The van der Waals surface area contributed by atoms with Gasteiger partial charge in [-0.05, 0) is 89.9 Å². The molecule has 0 heterocycles. The van der Waals surface area contributed by atoms with Crippen molar-refractivity contribution in [3.8, 4) is 0 Å². The lowest BCUT2D eigenvalue weighted by molar-refractivity contribution is -0.167. The van der Waals surface area contributed by atoms with Gasteiger partial charge in [-0.2, -0.15) is 0 Å². The summed E-state index contributed by atoms with van der Waals surface area (Å²) in [5.41, 5.74) is 0. The van der Waals surface area contributed by atoms with Crippen LogP contribution >= 0.6 is 0 Å². The van der Waals surface area contributed by atoms with Gasteiger partial charge >= 0.3 is 17.9 Å². The molecule has 0 saturated heterocycles. The van der Waals surface area contributed by atoms with E-state index >= 15 is 0 Å². The van der Waals surface area contributed by atoms with E-state index in [1.54, 1.807) is 0 Å². The molecule has 0 aliphatic carbocycles. The molecule has 0 bridgehead atoms. The molecule has 0 aromatic carbocycles. The van der Waals surface area contributed by atoms with Crippen molar-refractivity contribution < 1.29 is 28.6 Å². The maximum Gasteiger partial charge on any atom is 0.306 e. The van der Waals surface area contributed by atoms with Gasteiger partial charge in [-0.1, -0.05) is 318 Å². The number of carbonyl (C=O) groups excluding carboxylic acids is 3. The first-order valence-electron chi connectivity index (χ1n) is 34.1. The van der Waals surface area contributed by atoms with Crippen LogP contribution in [0.5, 0.6) is 0 Å². The molecule has 456 valence electrons. The summed E-state index contributed by atoms with van der Waals surface area (Å²) in [5, 5.41) is 0. The number of ether oxygens (including phenoxy) is 3. The Labute approximate surface area is 490 Å². The zero-order valence-corrected chi connectivity index (χ0v) is 52.4. The molecule has 0 N–H and O–H groups in total. The Bertz CT molecular complexity index is 1500. The van der Waals surface area contributed by atoms with Gasteiger partial charge in [-0.25, -0.2) is 0 Å². The van der Waals surface area contributed by atoms with Gasteiger partial charge in [0.2, 0.25) is 0 Å². The van der Waals surface area contributed by atoms with E-state index in [0.29, 0.717) is 19.3 Å². The average Bonchev–Trinajstić information content (AvgIpc) is 3.45. The Kier molecular flexibility index (Phi) is 64.2. The molecule has 1 atom stereocenters. The number of carbonyl (C=O) groups is 3. The topological polar surface area (TPSA) is 78.9 Å². The van der Waals surface area contributed by atoms with Crippen molar-refractivity contribution in [2.75, 3.05) is 13.2 Å². The molecule has 0 aliphatic rings. The SMILES string of the molecule is CC/C=C\C/C=C\C/C=C\C/C=C\CCCCCCCCCCCCCCCCCCCCCCC(=O)OCC(COC(=O)CCCCCCCCCCCCC)OC(=O)CCCCCCCCC/C=C\C/C=C\C/C=C\CC. The number of hydrogen-bond donors (Lipinski definition) is 0. The molecule has 0 fully saturated rings. The van der Waals surface area contributed by atoms with Gasteiger partial charge < -0.3 is 14.2 Å². The second-order valence-electron chi connectivity index (χ2n) is 22.7. The molecule has 0 radical (unpaired) electrons. The van der Waals surface area contributed by atoms with Crippen LogP contribution in [-0.2, 0) is 28.6 Å². The van der Waals surface area contributed by atoms with E-state index in [-0.39, 0.29) is 31.1 Å². The Morgan fingerprint density at radius 3 is 0.772 bits per heavy atom. The van der Waals surface area contributed by atoms with Gasteiger partial charge in [0.05, 0.1) is 0 Å². The predicted octanol–water partition coefficient (Wildman–Crippen LogP) is 23.4. The Balaban J connectivity index is 4.11. The summed E-state index contributed by atoms with van der Waals surface area (Å²) >= 11 is 0. The minimum atomic E-state index is -0.778. The molecular formula is C73H128O6. The summed E-state index contributed by atoms with van der Waals surface area (Å²) in [6, 6.07) is 0. The monoisotopic (exact) mass is 1100 g/mol. The zero-order chi connectivity index (χ0) is 57.1. The molecule has 0 amide bonds. The molecule has 79 heavy (non-hydrogen) atoms. The minimum absolute atomic E-state index is 0.0751. The fourth-order valence-electron chi connectivity index (χ4n) is 9.86. The number of rotatable bonds is 62. The molecule has 0 spiro atoms. The fraction of sp³-hybridized carbons (Fsp3) is 0.767. The lowest BCUT2D eigenvalue weighted by Crippen LogP contribution is -2.30. The average molecular weight is 1100 g/mol. The van der Waals surface area contributed by atoms with Crippen molar-refractivity contribution >= 4 is 17.9 Å². The largest absolute Gasteiger partial charge is 0.462 e. The van der Waals surface area contributed by atoms with Crippen molar-refractivity contribution in [1.82, 2.24) is 0 Å². The van der Waals surface area contributed by atoms with E-state index < -0.39 is 6.10 Å². The molecule has 0 rings (SSSR count). The summed E-state index contributed by atoms with van der Waals surface area (Å²) in [7, 11) is 0. The smallest absolute Gasteiger partial charge is 0.306 e. The molecule has 0 aromatic heterocycles. The van der Waals surface area contributed by atoms with E-state index in [9.17, 15) is 14.4 Å². The van der Waals surface area contributed by atoms with Gasteiger partial charge in [-0.3, -0.25) is 14.4 Å². The third-order valence-electron chi connectivity index (χ3n) is 14.9. The third-order valence-corrected chi connectivity index (χ3v) is 14.9. The Morgan fingerprint density at radius 2 is 0.494 bits per heavy atom. The van der Waals surface area contributed by atoms with Crippen LogP contribution in [0.4, 0.5) is 0 Å². The van der Waals surface area contributed by atoms with Crippen molar-refractivity contribution in [1.29, 1.82) is 0 Å². The van der Waals surface area contributed by atoms with Crippen molar-refractivity contribution in [2.24, 2.45) is 0 Å². The van der Waals surface area contributed by atoms with Crippen molar-refractivity contribution in [3.05, 3.63) is 85.1 Å². The highest BCUT2D eigenvalue weighted by Gasteiger charge is 2.19. The first-order valence-corrected chi connectivity index (χ1v) is 34.1. The predicted molar refractivity (Wildman–Crippen MR) is 344 cm³/mol. The second-order valence-corrected chi connectivity index (χ2v) is 22.7. The summed E-state index contributed by atoms with van der Waals surface area (Å²) in [4.78, 5) is 38.3. The molecule has 1 unspecified atom stereocenters. The minimum Gasteiger partial charge on any atom is -0.462 e. The van der Waals surface area contributed by atoms with Crippen molar-refractivity contribution in [2.45, 2.75) is 348 Å². The van der Waals surface area contributed by atoms with E-state index in [1.165, 1.54) is 193 Å². The van der Waals surface area contributed by atoms with Crippen LogP contribution in [0.2, 0.25) is 0 Å². The summed E-state index contributed by atoms with van der Waals surface area (Å²) in [6.45, 7) is 6.44. The zero-order valence-electron chi connectivity index (χ0n) is 52.4. The van der Waals surface area contributed by atoms with Crippen LogP contribution in [0.1, 0.15) is 342 Å². The quantitative estimate of drug-likeness (QED) is 0.0261. The number of allylic oxidation sites excluding steroid dienone is 14. The second kappa shape index (κ2) is 67.1.